The van der Waals surface area contributed by atoms with Crippen molar-refractivity contribution in [2.24, 2.45) is 5.92 Å². The summed E-state index contributed by atoms with van der Waals surface area (Å²) in [6, 6.07) is 18.7. The fourth-order valence-corrected chi connectivity index (χ4v) is 6.74. The Labute approximate surface area is 251 Å². The molecule has 1 atom stereocenters. The number of furan rings is 1. The molecular weight excluding hydrogens is 594 g/mol. The van der Waals surface area contributed by atoms with Crippen LogP contribution in [0.25, 0.3) is 22.1 Å². The minimum Gasteiger partial charge on any atom is -0.468 e. The number of carbonyl (C=O) groups excluding carboxylic acids is 2. The molecule has 1 heterocycles. The number of hydrogen-bond acceptors (Lipinski definition) is 8. The predicted molar refractivity (Wildman–Crippen MR) is 163 cm³/mol. The van der Waals surface area contributed by atoms with Crippen LogP contribution in [0.1, 0.15) is 30.0 Å². The van der Waals surface area contributed by atoms with E-state index >= 15 is 0 Å². The van der Waals surface area contributed by atoms with Gasteiger partial charge in [0.1, 0.15) is 11.6 Å². The molecule has 0 aliphatic rings. The lowest BCUT2D eigenvalue weighted by Crippen LogP contribution is -2.56. The molecule has 0 aliphatic heterocycles. The zero-order chi connectivity index (χ0) is 31.7. The summed E-state index contributed by atoms with van der Waals surface area (Å²) in [4.78, 5) is 26.4. The van der Waals surface area contributed by atoms with Gasteiger partial charge in [0.2, 0.25) is 10.0 Å². The highest BCUT2D eigenvalue weighted by Crippen LogP contribution is 2.34. The number of ether oxygens (including phenoxy) is 1. The molecule has 0 radical (unpaired) electrons. The number of esters is 1. The van der Waals surface area contributed by atoms with Gasteiger partial charge in [-0.05, 0) is 48.2 Å². The molecule has 11 nitrogen and oxygen atoms in total. The van der Waals surface area contributed by atoms with Crippen LogP contribution in [0.2, 0.25) is 0 Å². The second-order valence-corrected chi connectivity index (χ2v) is 14.1. The van der Waals surface area contributed by atoms with E-state index in [0.717, 1.165) is 28.8 Å². The summed E-state index contributed by atoms with van der Waals surface area (Å²) in [6.45, 7) is 4.80. The minimum absolute atomic E-state index is 0.166. The maximum atomic E-state index is 14.0. The number of hydrazine groups is 1. The fourth-order valence-electron chi connectivity index (χ4n) is 4.69. The highest BCUT2D eigenvalue weighted by Gasteiger charge is 2.41. The monoisotopic (exact) mass is 627 g/mol. The number of nitrogens with one attached hydrogen (secondary N) is 1. The Morgan fingerprint density at radius 1 is 0.884 bits per heavy atom. The van der Waals surface area contributed by atoms with Crippen LogP contribution in [-0.2, 0) is 29.6 Å². The third kappa shape index (κ3) is 6.28. The zero-order valence-corrected chi connectivity index (χ0v) is 26.2. The lowest BCUT2D eigenvalue weighted by Gasteiger charge is -2.31. The number of hydrogen-bond donors (Lipinski definition) is 1. The van der Waals surface area contributed by atoms with Gasteiger partial charge >= 0.3 is 11.9 Å². The number of rotatable bonds is 10. The maximum absolute atomic E-state index is 14.0. The molecule has 13 heteroatoms. The summed E-state index contributed by atoms with van der Waals surface area (Å²) in [5.74, 6) is -2.70. The molecule has 0 aliphatic carbocycles. The van der Waals surface area contributed by atoms with Crippen molar-refractivity contribution in [2.45, 2.75) is 31.7 Å². The normalized spacial score (nSPS) is 12.8. The number of benzene rings is 3. The van der Waals surface area contributed by atoms with Crippen molar-refractivity contribution in [1.82, 2.24) is 9.84 Å². The molecule has 0 bridgehead atoms. The largest absolute Gasteiger partial charge is 0.468 e. The van der Waals surface area contributed by atoms with Gasteiger partial charge in [-0.25, -0.2) is 16.8 Å². The molecule has 4 aromatic rings. The summed E-state index contributed by atoms with van der Waals surface area (Å²) in [5, 5.41) is 0.361. The van der Waals surface area contributed by atoms with E-state index in [1.54, 1.807) is 51.1 Å². The molecule has 0 saturated carbocycles. The first-order chi connectivity index (χ1) is 20.2. The first-order valence-electron chi connectivity index (χ1n) is 13.2. The topological polar surface area (TPSA) is 143 Å². The van der Waals surface area contributed by atoms with E-state index in [9.17, 15) is 26.4 Å². The van der Waals surface area contributed by atoms with Crippen molar-refractivity contribution in [3.05, 3.63) is 84.1 Å². The van der Waals surface area contributed by atoms with Crippen LogP contribution < -0.4 is 9.73 Å². The molecule has 228 valence electrons. The van der Waals surface area contributed by atoms with Crippen LogP contribution in [0.3, 0.4) is 0 Å². The maximum Gasteiger partial charge on any atom is 0.326 e. The van der Waals surface area contributed by atoms with Crippen molar-refractivity contribution in [3.63, 3.8) is 0 Å². The Morgan fingerprint density at radius 2 is 1.49 bits per heavy atom. The molecule has 1 unspecified atom stereocenters. The minimum atomic E-state index is -4.51. The van der Waals surface area contributed by atoms with E-state index in [1.807, 2.05) is 30.3 Å². The van der Waals surface area contributed by atoms with Crippen LogP contribution in [0.15, 0.2) is 82.1 Å². The molecule has 1 amide bonds. The van der Waals surface area contributed by atoms with E-state index in [1.165, 1.54) is 19.2 Å². The van der Waals surface area contributed by atoms with Crippen LogP contribution in [-0.4, -0.2) is 59.6 Å². The van der Waals surface area contributed by atoms with Crippen molar-refractivity contribution in [1.29, 1.82) is 0 Å². The van der Waals surface area contributed by atoms with Crippen LogP contribution in [0.5, 0.6) is 0 Å². The van der Waals surface area contributed by atoms with Gasteiger partial charge in [-0.1, -0.05) is 66.8 Å². The highest BCUT2D eigenvalue weighted by molar-refractivity contribution is 7.92. The fraction of sp³-hybridized carbons (Fsp3) is 0.267. The predicted octanol–water partition coefficient (Wildman–Crippen LogP) is 4.34. The lowest BCUT2D eigenvalue weighted by atomic mass is 10.1. The number of aryl methyl sites for hydroxylation is 1. The second kappa shape index (κ2) is 12.2. The third-order valence-electron chi connectivity index (χ3n) is 7.03. The Bertz CT molecular complexity index is 1870. The number of carbonyl (C=O) groups is 2. The zero-order valence-electron chi connectivity index (χ0n) is 24.6. The number of anilines is 1. The van der Waals surface area contributed by atoms with Gasteiger partial charge in [0.05, 0.1) is 23.9 Å². The Hall–Kier alpha value is -4.20. The first-order valence-corrected chi connectivity index (χ1v) is 16.5. The summed E-state index contributed by atoms with van der Waals surface area (Å²) in [5.41, 5.74) is 4.81. The number of methoxy groups -OCH3 is 1. The van der Waals surface area contributed by atoms with Gasteiger partial charge in [-0.3, -0.25) is 19.3 Å². The SMILES string of the molecule is COC(=O)C(C(C)C)N(NC(=O)c1oc2cccc(N(C)S(C)(=O)=O)c2c1C)S(=O)(=O)c1ccc(-c2ccccc2)cc1. The van der Waals surface area contributed by atoms with Crippen LogP contribution in [0.4, 0.5) is 5.69 Å². The molecule has 0 fully saturated rings. The van der Waals surface area contributed by atoms with Crippen molar-refractivity contribution in [3.8, 4) is 11.1 Å². The van der Waals surface area contributed by atoms with E-state index in [4.69, 9.17) is 9.15 Å². The van der Waals surface area contributed by atoms with E-state index in [2.05, 4.69) is 5.43 Å². The number of amides is 1. The Balaban J connectivity index is 1.79. The molecule has 1 N–H and O–H groups in total. The van der Waals surface area contributed by atoms with Gasteiger partial charge in [-0.15, -0.1) is 0 Å². The second-order valence-electron chi connectivity index (χ2n) is 10.3. The number of fused-ring (bicyclic) bond motifs is 1. The summed E-state index contributed by atoms with van der Waals surface area (Å²) < 4.78 is 64.9. The Morgan fingerprint density at radius 3 is 2.05 bits per heavy atom. The van der Waals surface area contributed by atoms with Crippen LogP contribution in [0, 0.1) is 12.8 Å². The van der Waals surface area contributed by atoms with Gasteiger partial charge in [0, 0.05) is 18.0 Å². The van der Waals surface area contributed by atoms with E-state index < -0.39 is 43.9 Å². The first kappa shape index (κ1) is 31.7. The van der Waals surface area contributed by atoms with E-state index in [0.29, 0.717) is 9.80 Å². The van der Waals surface area contributed by atoms with Crippen molar-refractivity contribution >= 4 is 48.6 Å². The summed E-state index contributed by atoms with van der Waals surface area (Å²) in [7, 11) is -5.66. The molecule has 3 aromatic carbocycles. The standard InChI is InChI=1S/C30H33N3O8S2/c1-19(2)27(30(35)40-5)33(43(38,39)23-17-15-22(16-18-23)21-11-8-7-9-12-21)31-29(34)28-20(3)26-24(32(4)42(6,36)37)13-10-14-25(26)41-28/h7-19,27H,1-6H3,(H,31,34). The summed E-state index contributed by atoms with van der Waals surface area (Å²) in [6.07, 6.45) is 1.04. The summed E-state index contributed by atoms with van der Waals surface area (Å²) >= 11 is 0. The van der Waals surface area contributed by atoms with Gasteiger partial charge in [0.25, 0.3) is 10.0 Å². The number of sulfonamides is 2. The molecule has 4 rings (SSSR count). The quantitative estimate of drug-likeness (QED) is 0.202. The van der Waals surface area contributed by atoms with Gasteiger partial charge in [0.15, 0.2) is 5.76 Å². The number of nitrogens with zero attached hydrogens (tertiary/aromatic N) is 2. The van der Waals surface area contributed by atoms with Gasteiger partial charge < -0.3 is 9.15 Å². The third-order valence-corrected chi connectivity index (χ3v) is 9.93. The lowest BCUT2D eigenvalue weighted by molar-refractivity contribution is -0.147. The van der Waals surface area contributed by atoms with Crippen molar-refractivity contribution in [2.75, 3.05) is 24.7 Å². The molecule has 0 spiro atoms. The smallest absolute Gasteiger partial charge is 0.326 e. The Kier molecular flexibility index (Phi) is 9.00. The molecular formula is C30H33N3O8S2. The van der Waals surface area contributed by atoms with E-state index in [-0.39, 0.29) is 27.5 Å². The molecule has 43 heavy (non-hydrogen) atoms. The van der Waals surface area contributed by atoms with Crippen LogP contribution >= 0.6 is 0 Å². The van der Waals surface area contributed by atoms with Gasteiger partial charge in [-0.2, -0.15) is 0 Å². The molecule has 0 saturated heterocycles. The highest BCUT2D eigenvalue weighted by atomic mass is 32.2. The molecule has 1 aromatic heterocycles. The average molecular weight is 628 g/mol. The average Bonchev–Trinajstić information content (AvgIpc) is 3.32. The van der Waals surface area contributed by atoms with Crippen molar-refractivity contribution < 1.29 is 35.6 Å².